The van der Waals surface area contributed by atoms with E-state index in [2.05, 4.69) is 12.2 Å². The molecular formula is C11H14O. The Labute approximate surface area is 73.1 Å². The fraction of sp³-hybridized carbons (Fsp3) is 0.455. The number of allylic oxidation sites excluding steroid dienone is 5. The normalized spacial score (nSPS) is 23.2. The van der Waals surface area contributed by atoms with Crippen molar-refractivity contribution < 1.29 is 5.11 Å². The summed E-state index contributed by atoms with van der Waals surface area (Å²) in [4.78, 5) is 0. The van der Waals surface area contributed by atoms with E-state index in [4.69, 9.17) is 0 Å². The van der Waals surface area contributed by atoms with Gasteiger partial charge >= 0.3 is 0 Å². The van der Waals surface area contributed by atoms with E-state index < -0.39 is 0 Å². The molecule has 64 valence electrons. The molecule has 0 saturated heterocycles. The largest absolute Gasteiger partial charge is 0.512 e. The summed E-state index contributed by atoms with van der Waals surface area (Å²) in [6.07, 6.45) is 11.8. The van der Waals surface area contributed by atoms with Crippen LogP contribution in [0.5, 0.6) is 0 Å². The maximum Gasteiger partial charge on any atom is 0.0998 e. The first kappa shape index (κ1) is 7.66. The first-order chi connectivity index (χ1) is 5.88. The Hall–Kier alpha value is -0.980. The average molecular weight is 162 g/mol. The molecule has 2 aliphatic rings. The predicted octanol–water partition coefficient (Wildman–Crippen LogP) is 3.26. The van der Waals surface area contributed by atoms with E-state index in [9.17, 15) is 5.11 Å². The lowest BCUT2D eigenvalue weighted by molar-refractivity contribution is 0.391. The minimum absolute atomic E-state index is 0.589. The molecule has 0 aromatic carbocycles. The number of rotatable bonds is 0. The zero-order valence-corrected chi connectivity index (χ0v) is 7.21. The van der Waals surface area contributed by atoms with Crippen LogP contribution in [0.3, 0.4) is 0 Å². The molecule has 0 fully saturated rings. The Bertz CT molecular complexity index is 269. The molecule has 0 atom stereocenters. The molecule has 0 spiro atoms. The van der Waals surface area contributed by atoms with Gasteiger partial charge in [0.15, 0.2) is 0 Å². The molecule has 1 heteroatoms. The van der Waals surface area contributed by atoms with Gasteiger partial charge in [0.2, 0.25) is 0 Å². The third kappa shape index (κ3) is 1.31. The molecule has 0 aromatic rings. The van der Waals surface area contributed by atoms with Crippen molar-refractivity contribution >= 4 is 0 Å². The second kappa shape index (κ2) is 3.18. The van der Waals surface area contributed by atoms with E-state index in [0.29, 0.717) is 5.76 Å². The number of hydrogen-bond acceptors (Lipinski definition) is 1. The van der Waals surface area contributed by atoms with E-state index in [-0.39, 0.29) is 0 Å². The number of aliphatic hydroxyl groups is 1. The van der Waals surface area contributed by atoms with Crippen LogP contribution >= 0.6 is 0 Å². The third-order valence-electron chi connectivity index (χ3n) is 2.55. The quantitative estimate of drug-likeness (QED) is 0.579. The van der Waals surface area contributed by atoms with E-state index >= 15 is 0 Å². The highest BCUT2D eigenvalue weighted by atomic mass is 16.3. The maximum atomic E-state index is 9.62. The van der Waals surface area contributed by atoms with Crippen LogP contribution < -0.4 is 0 Å². The van der Waals surface area contributed by atoms with Gasteiger partial charge in [-0.15, -0.1) is 0 Å². The second-order valence-corrected chi connectivity index (χ2v) is 3.44. The summed E-state index contributed by atoms with van der Waals surface area (Å²) in [6.45, 7) is 0. The first-order valence-electron chi connectivity index (χ1n) is 4.66. The standard InChI is InChI=1S/C11H14O/c12-11-8-4-6-9-5-2-1-3-7-10(9)11/h4-6,12H,1-3,7-8H2. The van der Waals surface area contributed by atoms with Gasteiger partial charge in [-0.3, -0.25) is 0 Å². The molecule has 1 N–H and O–H groups in total. The predicted molar refractivity (Wildman–Crippen MR) is 50.0 cm³/mol. The highest BCUT2D eigenvalue weighted by molar-refractivity contribution is 5.45. The van der Waals surface area contributed by atoms with Crippen LogP contribution in [0.15, 0.2) is 35.1 Å². The number of aliphatic hydroxyl groups excluding tert-OH is 1. The highest BCUT2D eigenvalue weighted by Gasteiger charge is 2.13. The van der Waals surface area contributed by atoms with Crippen LogP contribution in [-0.4, -0.2) is 5.11 Å². The number of fused-ring (bicyclic) bond motifs is 1. The van der Waals surface area contributed by atoms with Crippen LogP contribution in [0.2, 0.25) is 0 Å². The summed E-state index contributed by atoms with van der Waals surface area (Å²) >= 11 is 0. The van der Waals surface area contributed by atoms with Gasteiger partial charge in [-0.1, -0.05) is 18.2 Å². The van der Waals surface area contributed by atoms with Crippen molar-refractivity contribution in [3.05, 3.63) is 35.1 Å². The van der Waals surface area contributed by atoms with Crippen LogP contribution in [-0.2, 0) is 0 Å². The Morgan fingerprint density at radius 1 is 1.25 bits per heavy atom. The van der Waals surface area contributed by atoms with Gasteiger partial charge < -0.3 is 5.11 Å². The molecular weight excluding hydrogens is 148 g/mol. The molecule has 0 amide bonds. The Morgan fingerprint density at radius 3 is 3.08 bits per heavy atom. The molecule has 0 unspecified atom stereocenters. The van der Waals surface area contributed by atoms with Crippen LogP contribution in [0, 0.1) is 0 Å². The summed E-state index contributed by atoms with van der Waals surface area (Å²) in [7, 11) is 0. The molecule has 0 saturated carbocycles. The molecule has 0 radical (unpaired) electrons. The fourth-order valence-electron chi connectivity index (χ4n) is 1.87. The molecule has 0 aliphatic heterocycles. The Balaban J connectivity index is 2.35. The minimum atomic E-state index is 0.589. The van der Waals surface area contributed by atoms with Crippen molar-refractivity contribution in [2.45, 2.75) is 32.1 Å². The van der Waals surface area contributed by atoms with Gasteiger partial charge in [0.1, 0.15) is 0 Å². The summed E-state index contributed by atoms with van der Waals surface area (Å²) in [5.41, 5.74) is 2.45. The van der Waals surface area contributed by atoms with Crippen molar-refractivity contribution in [1.29, 1.82) is 0 Å². The van der Waals surface area contributed by atoms with Crippen LogP contribution in [0.4, 0.5) is 0 Å². The second-order valence-electron chi connectivity index (χ2n) is 3.44. The van der Waals surface area contributed by atoms with Crippen molar-refractivity contribution in [3.63, 3.8) is 0 Å². The molecule has 0 bridgehead atoms. The minimum Gasteiger partial charge on any atom is -0.512 e. The summed E-state index contributed by atoms with van der Waals surface area (Å²) in [5.74, 6) is 0.589. The molecule has 0 heterocycles. The smallest absolute Gasteiger partial charge is 0.0998 e. The van der Waals surface area contributed by atoms with Crippen LogP contribution in [0.1, 0.15) is 32.1 Å². The Morgan fingerprint density at radius 2 is 2.17 bits per heavy atom. The first-order valence-corrected chi connectivity index (χ1v) is 4.66. The fourth-order valence-corrected chi connectivity index (χ4v) is 1.87. The van der Waals surface area contributed by atoms with Gasteiger partial charge in [0.05, 0.1) is 5.76 Å². The van der Waals surface area contributed by atoms with Gasteiger partial charge in [0.25, 0.3) is 0 Å². The monoisotopic (exact) mass is 162 g/mol. The zero-order chi connectivity index (χ0) is 8.39. The van der Waals surface area contributed by atoms with Gasteiger partial charge in [-0.25, -0.2) is 0 Å². The van der Waals surface area contributed by atoms with Gasteiger partial charge in [0, 0.05) is 6.42 Å². The molecule has 2 aliphatic carbocycles. The van der Waals surface area contributed by atoms with Crippen molar-refractivity contribution in [3.8, 4) is 0 Å². The lowest BCUT2D eigenvalue weighted by Crippen LogP contribution is -1.97. The van der Waals surface area contributed by atoms with E-state index in [1.54, 1.807) is 0 Å². The molecule has 2 rings (SSSR count). The zero-order valence-electron chi connectivity index (χ0n) is 7.21. The summed E-state index contributed by atoms with van der Waals surface area (Å²) in [6, 6.07) is 0. The summed E-state index contributed by atoms with van der Waals surface area (Å²) < 4.78 is 0. The topological polar surface area (TPSA) is 20.2 Å². The molecule has 12 heavy (non-hydrogen) atoms. The van der Waals surface area contributed by atoms with Crippen molar-refractivity contribution in [2.24, 2.45) is 0 Å². The maximum absolute atomic E-state index is 9.62. The SMILES string of the molecule is OC1=C2CCCCC=C2C=CC1. The van der Waals surface area contributed by atoms with Crippen molar-refractivity contribution in [2.75, 3.05) is 0 Å². The van der Waals surface area contributed by atoms with E-state index in [1.807, 2.05) is 6.08 Å². The highest BCUT2D eigenvalue weighted by Crippen LogP contribution is 2.30. The Kier molecular flexibility index (Phi) is 2.03. The average Bonchev–Trinajstić information content (AvgIpc) is 2.30. The summed E-state index contributed by atoms with van der Waals surface area (Å²) in [5, 5.41) is 9.62. The third-order valence-corrected chi connectivity index (χ3v) is 2.55. The number of hydrogen-bond donors (Lipinski definition) is 1. The van der Waals surface area contributed by atoms with Gasteiger partial charge in [-0.05, 0) is 36.8 Å². The van der Waals surface area contributed by atoms with Crippen molar-refractivity contribution in [1.82, 2.24) is 0 Å². The van der Waals surface area contributed by atoms with Crippen LogP contribution in [0.25, 0.3) is 0 Å². The van der Waals surface area contributed by atoms with E-state index in [1.165, 1.54) is 24.0 Å². The lowest BCUT2D eigenvalue weighted by Gasteiger charge is -2.12. The lowest BCUT2D eigenvalue weighted by atomic mass is 9.95. The molecule has 1 nitrogen and oxygen atoms in total. The molecule has 0 aromatic heterocycles. The van der Waals surface area contributed by atoms with E-state index in [0.717, 1.165) is 19.3 Å². The van der Waals surface area contributed by atoms with Gasteiger partial charge in [-0.2, -0.15) is 0 Å².